The number of benzene rings is 2. The summed E-state index contributed by atoms with van der Waals surface area (Å²) in [6.07, 6.45) is 0.462. The fourth-order valence-electron chi connectivity index (χ4n) is 3.62. The zero-order valence-electron chi connectivity index (χ0n) is 15.2. The lowest BCUT2D eigenvalue weighted by atomic mass is 9.97. The number of thiazole rings is 1. The van der Waals surface area contributed by atoms with Gasteiger partial charge in [-0.1, -0.05) is 24.3 Å². The highest BCUT2D eigenvalue weighted by Crippen LogP contribution is 2.35. The summed E-state index contributed by atoms with van der Waals surface area (Å²) >= 11 is 1.45. The van der Waals surface area contributed by atoms with Gasteiger partial charge in [0.15, 0.2) is 17.3 Å². The van der Waals surface area contributed by atoms with Crippen molar-refractivity contribution in [2.75, 3.05) is 6.54 Å². The van der Waals surface area contributed by atoms with Gasteiger partial charge in [-0.25, -0.2) is 15.0 Å². The van der Waals surface area contributed by atoms with Gasteiger partial charge < -0.3 is 15.1 Å². The number of hydrogen-bond acceptors (Lipinski definition) is 7. The first-order valence-corrected chi connectivity index (χ1v) is 10.0. The van der Waals surface area contributed by atoms with E-state index in [1.807, 2.05) is 29.6 Å². The fraction of sp³-hybridized carbons (Fsp3) is 0.143. The minimum Gasteiger partial charge on any atom is -0.504 e. The van der Waals surface area contributed by atoms with Gasteiger partial charge in [0.25, 0.3) is 5.91 Å². The van der Waals surface area contributed by atoms with Crippen LogP contribution in [-0.2, 0) is 13.0 Å². The van der Waals surface area contributed by atoms with Gasteiger partial charge in [-0.3, -0.25) is 4.79 Å². The van der Waals surface area contributed by atoms with Gasteiger partial charge in [-0.05, 0) is 24.1 Å². The molecule has 0 unspecified atom stereocenters. The van der Waals surface area contributed by atoms with Crippen LogP contribution in [0.5, 0.6) is 11.5 Å². The van der Waals surface area contributed by atoms with Gasteiger partial charge in [0.1, 0.15) is 11.4 Å². The minimum absolute atomic E-state index is 0.104. The summed E-state index contributed by atoms with van der Waals surface area (Å²) in [5.74, 6) is -0.0160. The second-order valence-corrected chi connectivity index (χ2v) is 7.55. The normalized spacial score (nSPS) is 13.4. The Morgan fingerprint density at radius 1 is 1.10 bits per heavy atom. The highest BCUT2D eigenvalue weighted by molar-refractivity contribution is 7.07. The van der Waals surface area contributed by atoms with Crippen molar-refractivity contribution in [1.82, 2.24) is 19.9 Å². The van der Waals surface area contributed by atoms with E-state index in [0.717, 1.165) is 5.56 Å². The number of carbonyl (C=O) groups excluding carboxylic acids is 1. The van der Waals surface area contributed by atoms with Crippen LogP contribution in [0.3, 0.4) is 0 Å². The zero-order valence-corrected chi connectivity index (χ0v) is 16.1. The Bertz CT molecular complexity index is 1240. The first-order valence-electron chi connectivity index (χ1n) is 9.09. The van der Waals surface area contributed by atoms with Crippen LogP contribution in [0.25, 0.3) is 22.4 Å². The molecule has 5 rings (SSSR count). The van der Waals surface area contributed by atoms with Gasteiger partial charge in [0, 0.05) is 29.4 Å². The quantitative estimate of drug-likeness (QED) is 0.497. The van der Waals surface area contributed by atoms with E-state index in [2.05, 4.69) is 15.0 Å². The molecule has 2 aromatic heterocycles. The number of hydrogen-bond donors (Lipinski definition) is 2. The smallest absolute Gasteiger partial charge is 0.273 e. The number of para-hydroxylation sites is 1. The standard InChI is InChI=1S/C21H16N4O3S/c26-17-6-5-12-9-25(8-7-13(12)19(17)27)21(28)18-14-3-1-2-4-15(14)23-20(24-18)16-10-29-11-22-16/h1-6,10-11,26-27H,7-9H2. The summed E-state index contributed by atoms with van der Waals surface area (Å²) in [6, 6.07) is 10.6. The molecular weight excluding hydrogens is 388 g/mol. The average Bonchev–Trinajstić information content (AvgIpc) is 3.30. The molecule has 29 heavy (non-hydrogen) atoms. The molecule has 0 saturated heterocycles. The summed E-state index contributed by atoms with van der Waals surface area (Å²) in [5.41, 5.74) is 4.87. The molecule has 0 saturated carbocycles. The van der Waals surface area contributed by atoms with Crippen LogP contribution in [-0.4, -0.2) is 42.5 Å². The summed E-state index contributed by atoms with van der Waals surface area (Å²) in [6.45, 7) is 0.763. The topological polar surface area (TPSA) is 99.4 Å². The molecule has 0 aliphatic carbocycles. The van der Waals surface area contributed by atoms with E-state index >= 15 is 0 Å². The predicted molar refractivity (Wildman–Crippen MR) is 109 cm³/mol. The molecule has 0 bridgehead atoms. The number of phenolic OH excluding ortho intramolecular Hbond substituents is 2. The third-order valence-corrected chi connectivity index (χ3v) is 5.69. The molecule has 3 heterocycles. The van der Waals surface area contributed by atoms with E-state index < -0.39 is 0 Å². The van der Waals surface area contributed by atoms with Crippen molar-refractivity contribution in [2.24, 2.45) is 0 Å². The number of fused-ring (bicyclic) bond motifs is 2. The van der Waals surface area contributed by atoms with E-state index in [-0.39, 0.29) is 17.4 Å². The Kier molecular flexibility index (Phi) is 4.13. The number of aromatic nitrogens is 3. The van der Waals surface area contributed by atoms with Gasteiger partial charge in [0.05, 0.1) is 11.0 Å². The first-order chi connectivity index (χ1) is 14.1. The van der Waals surface area contributed by atoms with E-state index in [1.165, 1.54) is 17.4 Å². The van der Waals surface area contributed by atoms with Gasteiger partial charge in [-0.15, -0.1) is 11.3 Å². The third kappa shape index (κ3) is 2.98. The molecule has 0 spiro atoms. The van der Waals surface area contributed by atoms with Crippen LogP contribution in [0.15, 0.2) is 47.3 Å². The van der Waals surface area contributed by atoms with Crippen molar-refractivity contribution in [3.8, 4) is 23.0 Å². The van der Waals surface area contributed by atoms with Gasteiger partial charge >= 0.3 is 0 Å². The van der Waals surface area contributed by atoms with Crippen molar-refractivity contribution >= 4 is 28.1 Å². The molecule has 0 fully saturated rings. The van der Waals surface area contributed by atoms with Crippen molar-refractivity contribution in [3.05, 3.63) is 64.1 Å². The molecule has 0 radical (unpaired) electrons. The number of aromatic hydroxyl groups is 2. The molecule has 2 N–H and O–H groups in total. The van der Waals surface area contributed by atoms with E-state index in [0.29, 0.717) is 53.2 Å². The maximum Gasteiger partial charge on any atom is 0.273 e. The highest BCUT2D eigenvalue weighted by Gasteiger charge is 2.27. The summed E-state index contributed by atoms with van der Waals surface area (Å²) < 4.78 is 0. The number of phenols is 2. The number of carbonyl (C=O) groups is 1. The second kappa shape index (κ2) is 6.82. The Morgan fingerprint density at radius 3 is 2.79 bits per heavy atom. The van der Waals surface area contributed by atoms with Crippen LogP contribution in [0, 0.1) is 0 Å². The molecule has 4 aromatic rings. The average molecular weight is 404 g/mol. The molecule has 8 heteroatoms. The van der Waals surface area contributed by atoms with Crippen LogP contribution < -0.4 is 0 Å². The lowest BCUT2D eigenvalue weighted by Gasteiger charge is -2.29. The molecule has 7 nitrogen and oxygen atoms in total. The largest absolute Gasteiger partial charge is 0.504 e. The first kappa shape index (κ1) is 17.6. The number of nitrogens with zero attached hydrogens (tertiary/aromatic N) is 4. The monoisotopic (exact) mass is 404 g/mol. The van der Waals surface area contributed by atoms with Crippen molar-refractivity contribution in [1.29, 1.82) is 0 Å². The van der Waals surface area contributed by atoms with E-state index in [4.69, 9.17) is 0 Å². The Morgan fingerprint density at radius 2 is 1.97 bits per heavy atom. The molecular formula is C21H16N4O3S. The molecule has 1 aliphatic heterocycles. The SMILES string of the molecule is O=C(c1nc(-c2cscn2)nc2ccccc12)N1CCc2c(ccc(O)c2O)C1. The summed E-state index contributed by atoms with van der Waals surface area (Å²) in [5, 5.41) is 22.3. The van der Waals surface area contributed by atoms with Gasteiger partial charge in [0.2, 0.25) is 0 Å². The van der Waals surface area contributed by atoms with Crippen LogP contribution >= 0.6 is 11.3 Å². The number of amides is 1. The molecule has 2 aromatic carbocycles. The Labute approximate surface area is 169 Å². The zero-order chi connectivity index (χ0) is 20.0. The molecule has 1 aliphatic rings. The van der Waals surface area contributed by atoms with Crippen LogP contribution in [0.4, 0.5) is 0 Å². The maximum atomic E-state index is 13.4. The van der Waals surface area contributed by atoms with Crippen molar-refractivity contribution in [3.63, 3.8) is 0 Å². The van der Waals surface area contributed by atoms with E-state index in [9.17, 15) is 15.0 Å². The summed E-state index contributed by atoms with van der Waals surface area (Å²) in [4.78, 5) is 28.5. The predicted octanol–water partition coefficient (Wildman–Crippen LogP) is 3.36. The van der Waals surface area contributed by atoms with E-state index in [1.54, 1.807) is 16.5 Å². The Balaban J connectivity index is 1.57. The third-order valence-electron chi connectivity index (χ3n) is 5.11. The van der Waals surface area contributed by atoms with Gasteiger partial charge in [-0.2, -0.15) is 0 Å². The van der Waals surface area contributed by atoms with Crippen LogP contribution in [0.2, 0.25) is 0 Å². The lowest BCUT2D eigenvalue weighted by molar-refractivity contribution is 0.0730. The minimum atomic E-state index is -0.196. The van der Waals surface area contributed by atoms with Crippen molar-refractivity contribution in [2.45, 2.75) is 13.0 Å². The highest BCUT2D eigenvalue weighted by atomic mass is 32.1. The molecule has 144 valence electrons. The van der Waals surface area contributed by atoms with Crippen molar-refractivity contribution < 1.29 is 15.0 Å². The lowest BCUT2D eigenvalue weighted by Crippen LogP contribution is -2.36. The Hall–Kier alpha value is -3.52. The maximum absolute atomic E-state index is 13.4. The second-order valence-electron chi connectivity index (χ2n) is 6.83. The summed E-state index contributed by atoms with van der Waals surface area (Å²) in [7, 11) is 0. The van der Waals surface area contributed by atoms with Crippen LogP contribution in [0.1, 0.15) is 21.6 Å². The molecule has 0 atom stereocenters. The fourth-order valence-corrected chi connectivity index (χ4v) is 4.15. The molecule has 1 amide bonds. The number of rotatable bonds is 2.